The molecule has 2 N–H and O–H groups in total. The van der Waals surface area contributed by atoms with Gasteiger partial charge in [-0.05, 0) is 42.9 Å². The summed E-state index contributed by atoms with van der Waals surface area (Å²) in [7, 11) is 5.83. The molecule has 0 radical (unpaired) electrons. The molecule has 2 fully saturated rings. The number of piperazine rings is 1. The maximum atomic E-state index is 5.30. The van der Waals surface area contributed by atoms with E-state index < -0.39 is 0 Å². The number of rotatable bonds is 9. The smallest absolute Gasteiger partial charge is 0.191 e. The van der Waals surface area contributed by atoms with Gasteiger partial charge in [-0.15, -0.1) is 24.0 Å². The number of nitrogens with one attached hydrogen (secondary N) is 2. The number of likely N-dealkylation sites (N-methyl/N-ethyl adjacent to an activating group) is 1. The zero-order valence-electron chi connectivity index (χ0n) is 19.0. The largest absolute Gasteiger partial charge is 0.385 e. The lowest BCUT2D eigenvalue weighted by Gasteiger charge is -2.42. The minimum absolute atomic E-state index is 0. The molecule has 0 unspecified atom stereocenters. The van der Waals surface area contributed by atoms with E-state index >= 15 is 0 Å². The number of nitrogens with zero attached hydrogens (tertiary/aromatic N) is 3. The number of hydrogen-bond donors (Lipinski definition) is 2. The van der Waals surface area contributed by atoms with Crippen molar-refractivity contribution in [2.75, 3.05) is 60.5 Å². The van der Waals surface area contributed by atoms with E-state index in [1.54, 1.807) is 7.11 Å². The summed E-state index contributed by atoms with van der Waals surface area (Å²) >= 11 is 0. The van der Waals surface area contributed by atoms with Crippen molar-refractivity contribution in [2.24, 2.45) is 10.4 Å². The van der Waals surface area contributed by atoms with Gasteiger partial charge in [-0.3, -0.25) is 9.89 Å². The summed E-state index contributed by atoms with van der Waals surface area (Å²) in [5.74, 6) is 0.884. The molecular formula is C23H40IN5O. The molecule has 1 aliphatic heterocycles. The van der Waals surface area contributed by atoms with Gasteiger partial charge in [0.1, 0.15) is 0 Å². The third kappa shape index (κ3) is 7.66. The Morgan fingerprint density at radius 2 is 1.73 bits per heavy atom. The van der Waals surface area contributed by atoms with Gasteiger partial charge in [0.05, 0.1) is 0 Å². The fourth-order valence-corrected chi connectivity index (χ4v) is 4.21. The highest BCUT2D eigenvalue weighted by atomic mass is 127. The van der Waals surface area contributed by atoms with Gasteiger partial charge in [0.15, 0.2) is 5.96 Å². The number of halogens is 1. The van der Waals surface area contributed by atoms with Crippen LogP contribution in [0, 0.1) is 5.41 Å². The predicted octanol–water partition coefficient (Wildman–Crippen LogP) is 2.92. The van der Waals surface area contributed by atoms with Crippen LogP contribution in [-0.4, -0.2) is 76.3 Å². The molecule has 6 nitrogen and oxygen atoms in total. The molecule has 0 bridgehead atoms. The first-order chi connectivity index (χ1) is 14.1. The van der Waals surface area contributed by atoms with Crippen LogP contribution in [0.2, 0.25) is 0 Å². The van der Waals surface area contributed by atoms with Crippen molar-refractivity contribution in [3.8, 4) is 0 Å². The lowest BCUT2D eigenvalue weighted by Crippen LogP contribution is -2.46. The van der Waals surface area contributed by atoms with Crippen LogP contribution in [0.15, 0.2) is 29.3 Å². The SMILES string of the molecule is CN=C(NCc1ccc(CN2CCN(C)CC2)cc1)NCC1(CCOC)CCC1.I. The average Bonchev–Trinajstić information content (AvgIpc) is 2.72. The second kappa shape index (κ2) is 12.8. The van der Waals surface area contributed by atoms with Crippen LogP contribution in [0.25, 0.3) is 0 Å². The summed E-state index contributed by atoms with van der Waals surface area (Å²) in [6.45, 7) is 8.31. The van der Waals surface area contributed by atoms with Crippen molar-refractivity contribution in [3.05, 3.63) is 35.4 Å². The molecule has 1 aromatic rings. The Morgan fingerprint density at radius 3 is 2.30 bits per heavy atom. The molecule has 1 saturated carbocycles. The fourth-order valence-electron chi connectivity index (χ4n) is 4.21. The van der Waals surface area contributed by atoms with Gasteiger partial charge in [0, 0.05) is 66.6 Å². The average molecular weight is 530 g/mol. The fraction of sp³-hybridized carbons (Fsp3) is 0.696. The summed E-state index contributed by atoms with van der Waals surface area (Å²) in [5, 5.41) is 6.99. The normalized spacial score (nSPS) is 19.6. The van der Waals surface area contributed by atoms with Gasteiger partial charge >= 0.3 is 0 Å². The Hall–Kier alpha value is -0.900. The molecule has 0 atom stereocenters. The molecule has 0 aromatic heterocycles. The van der Waals surface area contributed by atoms with E-state index in [4.69, 9.17) is 4.74 Å². The molecule has 2 aliphatic rings. The number of hydrogen-bond acceptors (Lipinski definition) is 4. The van der Waals surface area contributed by atoms with E-state index in [1.165, 1.54) is 43.5 Å². The Balaban J connectivity index is 0.00000320. The van der Waals surface area contributed by atoms with Crippen LogP contribution in [0.5, 0.6) is 0 Å². The van der Waals surface area contributed by atoms with Crippen LogP contribution in [0.1, 0.15) is 36.8 Å². The van der Waals surface area contributed by atoms with Crippen LogP contribution >= 0.6 is 24.0 Å². The van der Waals surface area contributed by atoms with Gasteiger partial charge < -0.3 is 20.3 Å². The molecule has 30 heavy (non-hydrogen) atoms. The molecule has 3 rings (SSSR count). The highest BCUT2D eigenvalue weighted by molar-refractivity contribution is 14.0. The number of guanidine groups is 1. The highest BCUT2D eigenvalue weighted by Crippen LogP contribution is 2.43. The minimum Gasteiger partial charge on any atom is -0.385 e. The molecule has 1 heterocycles. The molecule has 1 aromatic carbocycles. The van der Waals surface area contributed by atoms with E-state index in [-0.39, 0.29) is 24.0 Å². The van der Waals surface area contributed by atoms with Gasteiger partial charge in [0.25, 0.3) is 0 Å². The van der Waals surface area contributed by atoms with E-state index in [9.17, 15) is 0 Å². The number of benzene rings is 1. The topological polar surface area (TPSA) is 52.1 Å². The zero-order valence-corrected chi connectivity index (χ0v) is 21.3. The summed E-state index contributed by atoms with van der Waals surface area (Å²) in [5.41, 5.74) is 3.07. The molecule has 170 valence electrons. The third-order valence-corrected chi connectivity index (χ3v) is 6.59. The molecule has 0 spiro atoms. The Bertz CT molecular complexity index is 639. The van der Waals surface area contributed by atoms with Gasteiger partial charge in [0.2, 0.25) is 0 Å². The molecule has 1 saturated heterocycles. The molecule has 0 amide bonds. The van der Waals surface area contributed by atoms with Crippen molar-refractivity contribution in [1.82, 2.24) is 20.4 Å². The van der Waals surface area contributed by atoms with E-state index in [0.717, 1.165) is 51.7 Å². The van der Waals surface area contributed by atoms with Crippen LogP contribution in [-0.2, 0) is 17.8 Å². The standard InChI is InChI=1S/C23H39N5O.HI/c1-24-22(26-19-23(9-4-10-23)11-16-29-3)25-17-20-5-7-21(8-6-20)18-28-14-12-27(2)13-15-28;/h5-8H,4,9-19H2,1-3H3,(H2,24,25,26);1H. The van der Waals surface area contributed by atoms with E-state index in [0.29, 0.717) is 5.41 Å². The van der Waals surface area contributed by atoms with Crippen LogP contribution in [0.3, 0.4) is 0 Å². The van der Waals surface area contributed by atoms with Gasteiger partial charge in [-0.25, -0.2) is 0 Å². The molecule has 7 heteroatoms. The van der Waals surface area contributed by atoms with Crippen LogP contribution < -0.4 is 10.6 Å². The second-order valence-corrected chi connectivity index (χ2v) is 8.77. The lowest BCUT2D eigenvalue weighted by molar-refractivity contribution is 0.0732. The lowest BCUT2D eigenvalue weighted by atomic mass is 9.67. The quantitative estimate of drug-likeness (QED) is 0.293. The summed E-state index contributed by atoms with van der Waals surface area (Å²) in [4.78, 5) is 9.34. The minimum atomic E-state index is 0. The van der Waals surface area contributed by atoms with Crippen molar-refractivity contribution in [3.63, 3.8) is 0 Å². The summed E-state index contributed by atoms with van der Waals surface area (Å²) < 4.78 is 5.30. The monoisotopic (exact) mass is 529 g/mol. The third-order valence-electron chi connectivity index (χ3n) is 6.59. The van der Waals surface area contributed by atoms with Crippen molar-refractivity contribution >= 4 is 29.9 Å². The molecular weight excluding hydrogens is 489 g/mol. The number of ether oxygens (including phenoxy) is 1. The Kier molecular flexibility index (Phi) is 10.8. The Morgan fingerprint density at radius 1 is 1.07 bits per heavy atom. The van der Waals surface area contributed by atoms with Crippen molar-refractivity contribution < 1.29 is 4.74 Å². The Labute approximate surface area is 199 Å². The van der Waals surface area contributed by atoms with Gasteiger partial charge in [-0.1, -0.05) is 30.7 Å². The maximum Gasteiger partial charge on any atom is 0.191 e. The summed E-state index contributed by atoms with van der Waals surface area (Å²) in [6.07, 6.45) is 5.03. The zero-order chi connectivity index (χ0) is 20.5. The first-order valence-electron chi connectivity index (χ1n) is 11.0. The molecule has 1 aliphatic carbocycles. The van der Waals surface area contributed by atoms with E-state index in [1.807, 2.05) is 7.05 Å². The second-order valence-electron chi connectivity index (χ2n) is 8.77. The predicted molar refractivity (Wildman–Crippen MR) is 136 cm³/mol. The van der Waals surface area contributed by atoms with Crippen molar-refractivity contribution in [1.29, 1.82) is 0 Å². The highest BCUT2D eigenvalue weighted by Gasteiger charge is 2.36. The first kappa shape index (κ1) is 25.4. The summed E-state index contributed by atoms with van der Waals surface area (Å²) in [6, 6.07) is 8.99. The first-order valence-corrected chi connectivity index (χ1v) is 11.0. The number of aliphatic imine (C=N–C) groups is 1. The van der Waals surface area contributed by atoms with E-state index in [2.05, 4.69) is 56.7 Å². The maximum absolute atomic E-state index is 5.30. The van der Waals surface area contributed by atoms with Gasteiger partial charge in [-0.2, -0.15) is 0 Å². The van der Waals surface area contributed by atoms with Crippen LogP contribution in [0.4, 0.5) is 0 Å². The van der Waals surface area contributed by atoms with Crippen molar-refractivity contribution in [2.45, 2.75) is 38.8 Å². The number of methoxy groups -OCH3 is 1.